The van der Waals surface area contributed by atoms with Gasteiger partial charge in [0.25, 0.3) is 5.91 Å². The number of carbonyl (C=O) groups is 1. The smallest absolute Gasteiger partial charge is 0.254 e. The summed E-state index contributed by atoms with van der Waals surface area (Å²) in [5.41, 5.74) is 2.11. The first kappa shape index (κ1) is 14.1. The molecule has 1 aliphatic rings. The van der Waals surface area contributed by atoms with E-state index in [4.69, 9.17) is 11.6 Å². The van der Waals surface area contributed by atoms with Crippen molar-refractivity contribution < 1.29 is 9.18 Å². The van der Waals surface area contributed by atoms with Gasteiger partial charge in [-0.3, -0.25) is 9.48 Å². The number of nitrogens with one attached hydrogen (secondary N) is 1. The third-order valence-corrected chi connectivity index (χ3v) is 4.09. The SMILES string of the molecule is Cn1ncc2c1CCC[C@@H]2NC(=O)c1cc(Cl)ccc1F. The van der Waals surface area contributed by atoms with Gasteiger partial charge in [0, 0.05) is 23.3 Å². The van der Waals surface area contributed by atoms with E-state index in [2.05, 4.69) is 10.4 Å². The second-order valence-corrected chi connectivity index (χ2v) is 5.65. The Labute approximate surface area is 126 Å². The summed E-state index contributed by atoms with van der Waals surface area (Å²) in [5, 5.41) is 7.45. The van der Waals surface area contributed by atoms with Gasteiger partial charge in [-0.25, -0.2) is 4.39 Å². The molecule has 0 saturated heterocycles. The van der Waals surface area contributed by atoms with E-state index in [1.807, 2.05) is 11.7 Å². The molecule has 4 nitrogen and oxygen atoms in total. The Bertz CT molecular complexity index is 698. The van der Waals surface area contributed by atoms with Gasteiger partial charge in [-0.1, -0.05) is 11.6 Å². The predicted molar refractivity (Wildman–Crippen MR) is 77.8 cm³/mol. The first-order valence-electron chi connectivity index (χ1n) is 6.83. The van der Waals surface area contributed by atoms with Gasteiger partial charge < -0.3 is 5.32 Å². The number of hydrogen-bond donors (Lipinski definition) is 1. The number of aryl methyl sites for hydroxylation is 1. The average molecular weight is 308 g/mol. The first-order chi connectivity index (χ1) is 10.1. The van der Waals surface area contributed by atoms with E-state index < -0.39 is 11.7 Å². The number of rotatable bonds is 2. The van der Waals surface area contributed by atoms with E-state index in [0.717, 1.165) is 30.5 Å². The number of halogens is 2. The van der Waals surface area contributed by atoms with Crippen molar-refractivity contribution in [2.45, 2.75) is 25.3 Å². The molecule has 1 aliphatic carbocycles. The van der Waals surface area contributed by atoms with Crippen LogP contribution < -0.4 is 5.32 Å². The average Bonchev–Trinajstić information content (AvgIpc) is 2.84. The second-order valence-electron chi connectivity index (χ2n) is 5.21. The molecule has 3 rings (SSSR count). The fourth-order valence-electron chi connectivity index (χ4n) is 2.76. The molecule has 0 aliphatic heterocycles. The summed E-state index contributed by atoms with van der Waals surface area (Å²) in [6.45, 7) is 0. The van der Waals surface area contributed by atoms with Gasteiger partial charge in [0.1, 0.15) is 5.82 Å². The summed E-state index contributed by atoms with van der Waals surface area (Å²) in [6.07, 6.45) is 4.51. The van der Waals surface area contributed by atoms with E-state index in [0.29, 0.717) is 5.02 Å². The Morgan fingerprint density at radius 3 is 3.14 bits per heavy atom. The van der Waals surface area contributed by atoms with Crippen molar-refractivity contribution in [3.63, 3.8) is 0 Å². The fourth-order valence-corrected chi connectivity index (χ4v) is 2.94. The molecule has 2 aromatic rings. The zero-order valence-electron chi connectivity index (χ0n) is 11.6. The maximum absolute atomic E-state index is 13.7. The van der Waals surface area contributed by atoms with Gasteiger partial charge >= 0.3 is 0 Å². The molecule has 0 saturated carbocycles. The number of hydrogen-bond acceptors (Lipinski definition) is 2. The van der Waals surface area contributed by atoms with Crippen LogP contribution in [0.2, 0.25) is 5.02 Å². The number of carbonyl (C=O) groups excluding carboxylic acids is 1. The summed E-state index contributed by atoms with van der Waals surface area (Å²) in [5.74, 6) is -1.02. The third kappa shape index (κ3) is 2.65. The fraction of sp³-hybridized carbons (Fsp3) is 0.333. The molecule has 0 fully saturated rings. The van der Waals surface area contributed by atoms with Crippen molar-refractivity contribution in [2.75, 3.05) is 0 Å². The van der Waals surface area contributed by atoms with Crippen LogP contribution >= 0.6 is 11.6 Å². The minimum Gasteiger partial charge on any atom is -0.345 e. The molecule has 21 heavy (non-hydrogen) atoms. The number of amides is 1. The molecule has 1 atom stereocenters. The van der Waals surface area contributed by atoms with E-state index in [1.54, 1.807) is 6.20 Å². The molecule has 1 N–H and O–H groups in total. The van der Waals surface area contributed by atoms with Crippen LogP contribution in [-0.2, 0) is 13.5 Å². The Morgan fingerprint density at radius 1 is 1.52 bits per heavy atom. The molecule has 0 unspecified atom stereocenters. The monoisotopic (exact) mass is 307 g/mol. The molecular formula is C15H15ClFN3O. The highest BCUT2D eigenvalue weighted by Crippen LogP contribution is 2.29. The summed E-state index contributed by atoms with van der Waals surface area (Å²) in [7, 11) is 1.89. The highest BCUT2D eigenvalue weighted by Gasteiger charge is 2.25. The van der Waals surface area contributed by atoms with Gasteiger partial charge in [-0.15, -0.1) is 0 Å². The van der Waals surface area contributed by atoms with E-state index >= 15 is 0 Å². The largest absolute Gasteiger partial charge is 0.345 e. The Hall–Kier alpha value is -1.88. The number of nitrogens with zero attached hydrogens (tertiary/aromatic N) is 2. The third-order valence-electron chi connectivity index (χ3n) is 3.85. The maximum atomic E-state index is 13.7. The molecule has 0 spiro atoms. The van der Waals surface area contributed by atoms with Crippen molar-refractivity contribution >= 4 is 17.5 Å². The van der Waals surface area contributed by atoms with E-state index in [9.17, 15) is 9.18 Å². The lowest BCUT2D eigenvalue weighted by molar-refractivity contribution is 0.0928. The van der Waals surface area contributed by atoms with Crippen LogP contribution in [0.15, 0.2) is 24.4 Å². The molecule has 0 radical (unpaired) electrons. The van der Waals surface area contributed by atoms with Crippen molar-refractivity contribution in [1.29, 1.82) is 0 Å². The van der Waals surface area contributed by atoms with Crippen LogP contribution in [-0.4, -0.2) is 15.7 Å². The standard InChI is InChI=1S/C15H15ClFN3O/c1-20-14-4-2-3-13(11(14)8-18-20)19-15(21)10-7-9(16)5-6-12(10)17/h5-8,13H,2-4H2,1H3,(H,19,21)/t13-/m0/s1. The molecular weight excluding hydrogens is 293 g/mol. The second kappa shape index (κ2) is 5.48. The summed E-state index contributed by atoms with van der Waals surface area (Å²) >= 11 is 5.83. The van der Waals surface area contributed by atoms with Gasteiger partial charge in [0.2, 0.25) is 0 Å². The van der Waals surface area contributed by atoms with Crippen LogP contribution in [0.25, 0.3) is 0 Å². The topological polar surface area (TPSA) is 46.9 Å². The quantitative estimate of drug-likeness (QED) is 0.927. The lowest BCUT2D eigenvalue weighted by Crippen LogP contribution is -2.31. The van der Waals surface area contributed by atoms with Gasteiger partial charge in [0.05, 0.1) is 17.8 Å². The summed E-state index contributed by atoms with van der Waals surface area (Å²) in [4.78, 5) is 12.3. The highest BCUT2D eigenvalue weighted by atomic mass is 35.5. The molecule has 110 valence electrons. The Kier molecular flexibility index (Phi) is 3.68. The molecule has 1 aromatic heterocycles. The van der Waals surface area contributed by atoms with Crippen molar-refractivity contribution in [1.82, 2.24) is 15.1 Å². The van der Waals surface area contributed by atoms with Crippen molar-refractivity contribution in [2.24, 2.45) is 7.05 Å². The minimum absolute atomic E-state index is 0.0292. The lowest BCUT2D eigenvalue weighted by Gasteiger charge is -2.24. The van der Waals surface area contributed by atoms with Crippen LogP contribution in [0.1, 0.15) is 40.5 Å². The first-order valence-corrected chi connectivity index (χ1v) is 7.20. The highest BCUT2D eigenvalue weighted by molar-refractivity contribution is 6.31. The molecule has 1 amide bonds. The predicted octanol–water partition coefficient (Wildman–Crippen LogP) is 3.02. The van der Waals surface area contributed by atoms with Gasteiger partial charge in [0.15, 0.2) is 0 Å². The summed E-state index contributed by atoms with van der Waals surface area (Å²) in [6, 6.07) is 3.84. The number of fused-ring (bicyclic) bond motifs is 1. The zero-order valence-corrected chi connectivity index (χ0v) is 12.3. The number of aromatic nitrogens is 2. The van der Waals surface area contributed by atoms with Crippen LogP contribution in [0.4, 0.5) is 4.39 Å². The van der Waals surface area contributed by atoms with Crippen molar-refractivity contribution in [3.8, 4) is 0 Å². The Morgan fingerprint density at radius 2 is 2.33 bits per heavy atom. The Balaban J connectivity index is 1.84. The molecule has 1 aromatic carbocycles. The van der Waals surface area contributed by atoms with Crippen LogP contribution in [0, 0.1) is 5.82 Å². The van der Waals surface area contributed by atoms with E-state index in [-0.39, 0.29) is 11.6 Å². The zero-order chi connectivity index (χ0) is 15.0. The van der Waals surface area contributed by atoms with Crippen LogP contribution in [0.3, 0.4) is 0 Å². The summed E-state index contributed by atoms with van der Waals surface area (Å²) < 4.78 is 15.6. The van der Waals surface area contributed by atoms with Crippen LogP contribution in [0.5, 0.6) is 0 Å². The molecule has 0 bridgehead atoms. The van der Waals surface area contributed by atoms with Crippen molar-refractivity contribution in [3.05, 3.63) is 52.1 Å². The molecule has 1 heterocycles. The minimum atomic E-state index is -0.570. The lowest BCUT2D eigenvalue weighted by atomic mass is 9.92. The maximum Gasteiger partial charge on any atom is 0.254 e. The van der Waals surface area contributed by atoms with E-state index in [1.165, 1.54) is 18.2 Å². The molecule has 6 heteroatoms. The number of benzene rings is 1. The normalized spacial score (nSPS) is 17.4. The van der Waals surface area contributed by atoms with Gasteiger partial charge in [-0.2, -0.15) is 5.10 Å². The van der Waals surface area contributed by atoms with Gasteiger partial charge in [-0.05, 0) is 37.5 Å².